The Hall–Kier alpha value is -1.85. The largest absolute Gasteiger partial charge is 0.480 e. The number of hydrogen-bond acceptors (Lipinski definition) is 3. The van der Waals surface area contributed by atoms with Gasteiger partial charge in [0, 0.05) is 42.3 Å². The van der Waals surface area contributed by atoms with E-state index in [2.05, 4.69) is 24.1 Å². The predicted octanol–water partition coefficient (Wildman–Crippen LogP) is 1.52. The van der Waals surface area contributed by atoms with E-state index in [0.717, 1.165) is 35.2 Å². The number of aliphatic carboxylic acids is 1. The standard InChI is InChI=1S/C15H19N3O2/c1-8-13(14(16)15(19)20)11-4-9-6-17(2)7-10(9)5-12(11)18(8)3/h4-5,14H,6-7,16H2,1-3H3,(H,19,20). The van der Waals surface area contributed by atoms with Crippen molar-refractivity contribution in [3.63, 3.8) is 0 Å². The molecule has 3 N–H and O–H groups in total. The van der Waals surface area contributed by atoms with Gasteiger partial charge in [-0.05, 0) is 37.2 Å². The second kappa shape index (κ2) is 4.33. The Morgan fingerprint density at radius 3 is 2.50 bits per heavy atom. The fraction of sp³-hybridized carbons (Fsp3) is 0.400. The number of nitrogens with two attached hydrogens (primary N) is 1. The number of hydrogen-bond donors (Lipinski definition) is 2. The van der Waals surface area contributed by atoms with E-state index in [0.29, 0.717) is 0 Å². The molecule has 5 heteroatoms. The molecule has 5 nitrogen and oxygen atoms in total. The molecule has 1 aliphatic heterocycles. The highest BCUT2D eigenvalue weighted by molar-refractivity contribution is 5.92. The van der Waals surface area contributed by atoms with E-state index in [9.17, 15) is 9.90 Å². The normalized spacial score (nSPS) is 16.6. The first-order valence-corrected chi connectivity index (χ1v) is 6.67. The first-order chi connectivity index (χ1) is 9.40. The zero-order valence-electron chi connectivity index (χ0n) is 12.0. The molecule has 0 radical (unpaired) electrons. The molecule has 0 bridgehead atoms. The average molecular weight is 273 g/mol. The molecule has 106 valence electrons. The van der Waals surface area contributed by atoms with Gasteiger partial charge < -0.3 is 15.4 Å². The molecule has 0 amide bonds. The number of carboxylic acid groups (broad SMARTS) is 1. The smallest absolute Gasteiger partial charge is 0.325 e. The summed E-state index contributed by atoms with van der Waals surface area (Å²) in [5.41, 5.74) is 11.2. The van der Waals surface area contributed by atoms with Gasteiger partial charge in [-0.25, -0.2) is 0 Å². The summed E-state index contributed by atoms with van der Waals surface area (Å²) < 4.78 is 2.03. The van der Waals surface area contributed by atoms with Crippen LogP contribution in [0.15, 0.2) is 12.1 Å². The molecule has 0 saturated heterocycles. The lowest BCUT2D eigenvalue weighted by Gasteiger charge is -2.07. The number of carboxylic acids is 1. The van der Waals surface area contributed by atoms with Gasteiger partial charge in [0.05, 0.1) is 0 Å². The Morgan fingerprint density at radius 2 is 1.90 bits per heavy atom. The summed E-state index contributed by atoms with van der Waals surface area (Å²) in [6, 6.07) is 3.30. The molecule has 0 spiro atoms. The van der Waals surface area contributed by atoms with Crippen LogP contribution in [-0.2, 0) is 24.9 Å². The molecular weight excluding hydrogens is 254 g/mol. The highest BCUT2D eigenvalue weighted by Crippen LogP contribution is 2.34. The molecule has 0 fully saturated rings. The lowest BCUT2D eigenvalue weighted by molar-refractivity contribution is -0.138. The van der Waals surface area contributed by atoms with Gasteiger partial charge in [-0.3, -0.25) is 9.69 Å². The summed E-state index contributed by atoms with van der Waals surface area (Å²) in [5.74, 6) is -0.988. The van der Waals surface area contributed by atoms with Crippen molar-refractivity contribution in [1.29, 1.82) is 0 Å². The molecule has 0 saturated carbocycles. The number of carbonyl (C=O) groups is 1. The second-order valence-electron chi connectivity index (χ2n) is 5.68. The summed E-state index contributed by atoms with van der Waals surface area (Å²) in [6.07, 6.45) is 0. The summed E-state index contributed by atoms with van der Waals surface area (Å²) in [4.78, 5) is 13.5. The van der Waals surface area contributed by atoms with Crippen molar-refractivity contribution in [3.05, 3.63) is 34.5 Å². The van der Waals surface area contributed by atoms with Crippen LogP contribution in [0, 0.1) is 6.92 Å². The monoisotopic (exact) mass is 273 g/mol. The van der Waals surface area contributed by atoms with Crippen molar-refractivity contribution in [2.45, 2.75) is 26.1 Å². The van der Waals surface area contributed by atoms with Crippen LogP contribution in [0.4, 0.5) is 0 Å². The minimum Gasteiger partial charge on any atom is -0.480 e. The lowest BCUT2D eigenvalue weighted by atomic mass is 10.0. The van der Waals surface area contributed by atoms with Crippen molar-refractivity contribution >= 4 is 16.9 Å². The van der Waals surface area contributed by atoms with Gasteiger partial charge in [0.25, 0.3) is 0 Å². The van der Waals surface area contributed by atoms with Crippen LogP contribution in [0.5, 0.6) is 0 Å². The molecule has 2 heterocycles. The van der Waals surface area contributed by atoms with Gasteiger partial charge in [0.1, 0.15) is 6.04 Å². The zero-order valence-corrected chi connectivity index (χ0v) is 12.0. The Morgan fingerprint density at radius 1 is 1.30 bits per heavy atom. The van der Waals surface area contributed by atoms with Gasteiger partial charge in [-0.2, -0.15) is 0 Å². The predicted molar refractivity (Wildman–Crippen MR) is 77.4 cm³/mol. The first-order valence-electron chi connectivity index (χ1n) is 6.67. The number of rotatable bonds is 2. The van der Waals surface area contributed by atoms with E-state index in [4.69, 9.17) is 5.73 Å². The lowest BCUT2D eigenvalue weighted by Crippen LogP contribution is -2.21. The van der Waals surface area contributed by atoms with E-state index in [1.807, 2.05) is 18.5 Å². The minimum atomic E-state index is -0.988. The Labute approximate surface area is 117 Å². The van der Waals surface area contributed by atoms with Crippen molar-refractivity contribution in [2.24, 2.45) is 12.8 Å². The molecule has 3 rings (SSSR count). The maximum atomic E-state index is 11.2. The molecule has 1 aromatic heterocycles. The van der Waals surface area contributed by atoms with Gasteiger partial charge >= 0.3 is 5.97 Å². The molecular formula is C15H19N3O2. The summed E-state index contributed by atoms with van der Waals surface area (Å²) in [5, 5.41) is 10.2. The van der Waals surface area contributed by atoms with E-state index in [1.54, 1.807) is 0 Å². The zero-order chi connectivity index (χ0) is 14.6. The molecule has 0 aliphatic carbocycles. The van der Waals surface area contributed by atoms with Crippen LogP contribution in [0.1, 0.15) is 28.4 Å². The van der Waals surface area contributed by atoms with Crippen LogP contribution in [0.2, 0.25) is 0 Å². The maximum Gasteiger partial charge on any atom is 0.325 e. The van der Waals surface area contributed by atoms with Crippen LogP contribution in [-0.4, -0.2) is 27.6 Å². The van der Waals surface area contributed by atoms with E-state index in [-0.39, 0.29) is 0 Å². The topological polar surface area (TPSA) is 71.5 Å². The van der Waals surface area contributed by atoms with E-state index < -0.39 is 12.0 Å². The molecule has 1 aromatic carbocycles. The number of aryl methyl sites for hydroxylation is 1. The highest BCUT2D eigenvalue weighted by atomic mass is 16.4. The highest BCUT2D eigenvalue weighted by Gasteiger charge is 2.25. The third kappa shape index (κ3) is 1.74. The Bertz CT molecular complexity index is 718. The quantitative estimate of drug-likeness (QED) is 0.870. The minimum absolute atomic E-state index is 0.729. The van der Waals surface area contributed by atoms with Gasteiger partial charge in [0.15, 0.2) is 0 Å². The molecule has 1 unspecified atom stereocenters. The number of nitrogens with zero attached hydrogens (tertiary/aromatic N) is 2. The van der Waals surface area contributed by atoms with Crippen LogP contribution in [0.3, 0.4) is 0 Å². The number of benzene rings is 1. The van der Waals surface area contributed by atoms with Gasteiger partial charge in [0.2, 0.25) is 0 Å². The second-order valence-corrected chi connectivity index (χ2v) is 5.68. The first kappa shape index (κ1) is 13.1. The molecule has 1 atom stereocenters. The van der Waals surface area contributed by atoms with Crippen LogP contribution >= 0.6 is 0 Å². The number of fused-ring (bicyclic) bond motifs is 2. The van der Waals surface area contributed by atoms with E-state index in [1.165, 1.54) is 11.1 Å². The molecule has 2 aromatic rings. The van der Waals surface area contributed by atoms with Gasteiger partial charge in [-0.1, -0.05) is 0 Å². The number of aromatic nitrogens is 1. The van der Waals surface area contributed by atoms with Crippen LogP contribution < -0.4 is 5.73 Å². The summed E-state index contributed by atoms with van der Waals surface area (Å²) >= 11 is 0. The van der Waals surface area contributed by atoms with Crippen molar-refractivity contribution in [1.82, 2.24) is 9.47 Å². The third-order valence-electron chi connectivity index (χ3n) is 4.32. The SMILES string of the molecule is Cc1c(C(N)C(=O)O)c2cc3c(cc2n1C)CN(C)C3. The van der Waals surface area contributed by atoms with Crippen molar-refractivity contribution in [3.8, 4) is 0 Å². The van der Waals surface area contributed by atoms with Gasteiger partial charge in [-0.15, -0.1) is 0 Å². The summed E-state index contributed by atoms with van der Waals surface area (Å²) in [6.45, 7) is 3.77. The van der Waals surface area contributed by atoms with Crippen molar-refractivity contribution < 1.29 is 9.90 Å². The average Bonchev–Trinajstić information content (AvgIpc) is 2.85. The third-order valence-corrected chi connectivity index (χ3v) is 4.32. The van der Waals surface area contributed by atoms with E-state index >= 15 is 0 Å². The van der Waals surface area contributed by atoms with Crippen LogP contribution in [0.25, 0.3) is 10.9 Å². The fourth-order valence-electron chi connectivity index (χ4n) is 3.17. The molecule has 20 heavy (non-hydrogen) atoms. The van der Waals surface area contributed by atoms with Crippen molar-refractivity contribution in [2.75, 3.05) is 7.05 Å². The Balaban J connectivity index is 2.29. The summed E-state index contributed by atoms with van der Waals surface area (Å²) in [7, 11) is 4.04. The molecule has 1 aliphatic rings. The fourth-order valence-corrected chi connectivity index (χ4v) is 3.17. The maximum absolute atomic E-state index is 11.2. The Kier molecular flexibility index (Phi) is 2.84.